The van der Waals surface area contributed by atoms with Gasteiger partial charge in [0.2, 0.25) is 0 Å². The summed E-state index contributed by atoms with van der Waals surface area (Å²) in [6.45, 7) is 2.48. The minimum absolute atomic E-state index is 0.102. The molecule has 8 heteroatoms. The maximum absolute atomic E-state index is 12.6. The standard InChI is InChI=1S/C22H22N2O6/c1-3-29-21-13-17(18(24(26)27)14-20(21)28-2)22(25)23-11-12-30-19-10-6-8-15-7-4-5-9-16(15)19/h4-10,13-14H,3,11-12H2,1-2H3,(H,23,25). The Labute approximate surface area is 173 Å². The zero-order chi connectivity index (χ0) is 21.5. The minimum atomic E-state index is -0.625. The van der Waals surface area contributed by atoms with Gasteiger partial charge in [-0.3, -0.25) is 14.9 Å². The molecule has 0 saturated carbocycles. The number of rotatable bonds is 9. The van der Waals surface area contributed by atoms with Gasteiger partial charge in [0, 0.05) is 11.5 Å². The number of amides is 1. The van der Waals surface area contributed by atoms with Crippen molar-refractivity contribution in [1.82, 2.24) is 5.32 Å². The van der Waals surface area contributed by atoms with Crippen molar-refractivity contribution in [2.45, 2.75) is 6.92 Å². The van der Waals surface area contributed by atoms with Gasteiger partial charge in [0.15, 0.2) is 11.5 Å². The van der Waals surface area contributed by atoms with Crippen molar-refractivity contribution in [2.24, 2.45) is 0 Å². The summed E-state index contributed by atoms with van der Waals surface area (Å²) < 4.78 is 16.3. The number of hydrogen-bond acceptors (Lipinski definition) is 6. The van der Waals surface area contributed by atoms with Crippen molar-refractivity contribution >= 4 is 22.4 Å². The van der Waals surface area contributed by atoms with Gasteiger partial charge in [-0.2, -0.15) is 0 Å². The van der Waals surface area contributed by atoms with Crippen LogP contribution in [0.2, 0.25) is 0 Å². The monoisotopic (exact) mass is 410 g/mol. The molecule has 0 radical (unpaired) electrons. The average molecular weight is 410 g/mol. The summed E-state index contributed by atoms with van der Waals surface area (Å²) >= 11 is 0. The van der Waals surface area contributed by atoms with Crippen LogP contribution in [0.3, 0.4) is 0 Å². The van der Waals surface area contributed by atoms with E-state index in [1.165, 1.54) is 19.2 Å². The summed E-state index contributed by atoms with van der Waals surface area (Å²) in [6, 6.07) is 16.1. The first-order valence-corrected chi connectivity index (χ1v) is 9.43. The topological polar surface area (TPSA) is 99.9 Å². The van der Waals surface area contributed by atoms with Crippen molar-refractivity contribution in [3.8, 4) is 17.2 Å². The van der Waals surface area contributed by atoms with Gasteiger partial charge in [-0.05, 0) is 18.4 Å². The summed E-state index contributed by atoms with van der Waals surface area (Å²) in [4.78, 5) is 23.4. The van der Waals surface area contributed by atoms with Crippen LogP contribution in [0.5, 0.6) is 17.2 Å². The molecular formula is C22H22N2O6. The average Bonchev–Trinajstić information content (AvgIpc) is 2.76. The number of nitrogens with one attached hydrogen (secondary N) is 1. The van der Waals surface area contributed by atoms with Crippen molar-refractivity contribution in [3.05, 3.63) is 70.3 Å². The Morgan fingerprint density at radius 2 is 1.80 bits per heavy atom. The number of methoxy groups -OCH3 is 1. The third kappa shape index (κ3) is 4.60. The number of fused-ring (bicyclic) bond motifs is 1. The van der Waals surface area contributed by atoms with E-state index in [2.05, 4.69) is 5.32 Å². The molecule has 0 heterocycles. The third-order valence-electron chi connectivity index (χ3n) is 4.42. The molecule has 0 saturated heterocycles. The fourth-order valence-electron chi connectivity index (χ4n) is 3.05. The van der Waals surface area contributed by atoms with E-state index in [9.17, 15) is 14.9 Å². The Morgan fingerprint density at radius 3 is 2.53 bits per heavy atom. The molecular weight excluding hydrogens is 388 g/mol. The fraction of sp³-hybridized carbons (Fsp3) is 0.227. The van der Waals surface area contributed by atoms with Crippen molar-refractivity contribution in [3.63, 3.8) is 0 Å². The predicted molar refractivity (Wildman–Crippen MR) is 113 cm³/mol. The van der Waals surface area contributed by atoms with Crippen molar-refractivity contribution in [1.29, 1.82) is 0 Å². The molecule has 0 bridgehead atoms. The molecule has 3 aromatic carbocycles. The molecule has 0 aromatic heterocycles. The van der Waals surface area contributed by atoms with Gasteiger partial charge in [0.1, 0.15) is 17.9 Å². The lowest BCUT2D eigenvalue weighted by Crippen LogP contribution is -2.28. The van der Waals surface area contributed by atoms with E-state index < -0.39 is 10.8 Å². The highest BCUT2D eigenvalue weighted by molar-refractivity contribution is 5.99. The molecule has 0 atom stereocenters. The fourth-order valence-corrected chi connectivity index (χ4v) is 3.05. The van der Waals surface area contributed by atoms with Gasteiger partial charge in [-0.25, -0.2) is 0 Å². The quantitative estimate of drug-likeness (QED) is 0.326. The lowest BCUT2D eigenvalue weighted by atomic mass is 10.1. The van der Waals surface area contributed by atoms with Crippen LogP contribution in [-0.4, -0.2) is 37.7 Å². The van der Waals surface area contributed by atoms with Gasteiger partial charge in [-0.15, -0.1) is 0 Å². The third-order valence-corrected chi connectivity index (χ3v) is 4.42. The smallest absolute Gasteiger partial charge is 0.286 e. The highest BCUT2D eigenvalue weighted by atomic mass is 16.6. The number of carbonyl (C=O) groups excluding carboxylic acids is 1. The number of carbonyl (C=O) groups is 1. The second-order valence-corrected chi connectivity index (χ2v) is 6.29. The largest absolute Gasteiger partial charge is 0.493 e. The maximum Gasteiger partial charge on any atom is 0.286 e. The highest BCUT2D eigenvalue weighted by Gasteiger charge is 2.24. The lowest BCUT2D eigenvalue weighted by molar-refractivity contribution is -0.385. The molecule has 8 nitrogen and oxygen atoms in total. The van der Waals surface area contributed by atoms with E-state index in [-0.39, 0.29) is 35.9 Å². The van der Waals surface area contributed by atoms with E-state index in [4.69, 9.17) is 14.2 Å². The molecule has 0 spiro atoms. The molecule has 30 heavy (non-hydrogen) atoms. The Kier molecular flexibility index (Phi) is 6.69. The summed E-state index contributed by atoms with van der Waals surface area (Å²) in [7, 11) is 1.38. The van der Waals surface area contributed by atoms with Crippen LogP contribution < -0.4 is 19.5 Å². The van der Waals surface area contributed by atoms with Crippen LogP contribution in [0.25, 0.3) is 10.8 Å². The zero-order valence-corrected chi connectivity index (χ0v) is 16.7. The first-order chi connectivity index (χ1) is 14.5. The number of nitro benzene ring substituents is 1. The van der Waals surface area contributed by atoms with Crippen LogP contribution in [-0.2, 0) is 0 Å². The normalized spacial score (nSPS) is 10.5. The second kappa shape index (κ2) is 9.60. The molecule has 3 rings (SSSR count). The highest BCUT2D eigenvalue weighted by Crippen LogP contribution is 2.34. The molecule has 0 unspecified atom stereocenters. The van der Waals surface area contributed by atoms with Crippen LogP contribution >= 0.6 is 0 Å². The van der Waals surface area contributed by atoms with Crippen LogP contribution in [0.4, 0.5) is 5.69 Å². The van der Waals surface area contributed by atoms with Gasteiger partial charge in [0.25, 0.3) is 11.6 Å². The first-order valence-electron chi connectivity index (χ1n) is 9.43. The number of nitro groups is 1. The van der Waals surface area contributed by atoms with Gasteiger partial charge >= 0.3 is 0 Å². The summed E-state index contributed by atoms with van der Waals surface area (Å²) in [5.74, 6) is 0.574. The van der Waals surface area contributed by atoms with E-state index in [1.54, 1.807) is 6.92 Å². The van der Waals surface area contributed by atoms with Crippen molar-refractivity contribution in [2.75, 3.05) is 26.9 Å². The lowest BCUT2D eigenvalue weighted by Gasteiger charge is -2.13. The molecule has 3 aromatic rings. The Morgan fingerprint density at radius 1 is 1.03 bits per heavy atom. The van der Waals surface area contributed by atoms with E-state index >= 15 is 0 Å². The number of nitrogens with zero attached hydrogens (tertiary/aromatic N) is 1. The van der Waals surface area contributed by atoms with E-state index in [1.807, 2.05) is 42.5 Å². The molecule has 1 N–H and O–H groups in total. The zero-order valence-electron chi connectivity index (χ0n) is 16.7. The van der Waals surface area contributed by atoms with Gasteiger partial charge < -0.3 is 19.5 Å². The Hall–Kier alpha value is -3.81. The second-order valence-electron chi connectivity index (χ2n) is 6.29. The molecule has 0 aliphatic rings. The molecule has 0 aliphatic carbocycles. The summed E-state index contributed by atoms with van der Waals surface area (Å²) in [5, 5.41) is 16.1. The van der Waals surface area contributed by atoms with E-state index in [0.717, 1.165) is 10.8 Å². The Balaban J connectivity index is 1.69. The maximum atomic E-state index is 12.6. The number of ether oxygens (including phenoxy) is 3. The molecule has 1 amide bonds. The van der Waals surface area contributed by atoms with Gasteiger partial charge in [0.05, 0.1) is 31.3 Å². The predicted octanol–water partition coefficient (Wildman–Crippen LogP) is 3.96. The van der Waals surface area contributed by atoms with Crippen molar-refractivity contribution < 1.29 is 23.9 Å². The van der Waals surface area contributed by atoms with Gasteiger partial charge in [-0.1, -0.05) is 36.4 Å². The van der Waals surface area contributed by atoms with E-state index in [0.29, 0.717) is 12.4 Å². The Bertz CT molecular complexity index is 1060. The van der Waals surface area contributed by atoms with Crippen LogP contribution in [0.15, 0.2) is 54.6 Å². The molecule has 156 valence electrons. The number of hydrogen-bond donors (Lipinski definition) is 1. The first kappa shape index (κ1) is 20.9. The molecule has 0 fully saturated rings. The van der Waals surface area contributed by atoms with Crippen LogP contribution in [0.1, 0.15) is 17.3 Å². The summed E-state index contributed by atoms with van der Waals surface area (Å²) in [5.41, 5.74) is -0.461. The summed E-state index contributed by atoms with van der Waals surface area (Å²) in [6.07, 6.45) is 0. The minimum Gasteiger partial charge on any atom is -0.493 e. The number of benzene rings is 3. The molecule has 0 aliphatic heterocycles. The van der Waals surface area contributed by atoms with Crippen LogP contribution in [0, 0.1) is 10.1 Å². The SMILES string of the molecule is CCOc1cc(C(=O)NCCOc2cccc3ccccc23)c([N+](=O)[O-])cc1OC.